The molecule has 0 radical (unpaired) electrons. The molecule has 0 aliphatic heterocycles. The average Bonchev–Trinajstić information content (AvgIpc) is 2.33. The molecule has 0 bridgehead atoms. The van der Waals surface area contributed by atoms with Crippen LogP contribution in [0.3, 0.4) is 0 Å². The van der Waals surface area contributed by atoms with Crippen molar-refractivity contribution in [2.75, 3.05) is 5.32 Å². The summed E-state index contributed by atoms with van der Waals surface area (Å²) >= 11 is 0. The predicted molar refractivity (Wildman–Crippen MR) is 68.7 cm³/mol. The number of rotatable bonds is 3. The van der Waals surface area contributed by atoms with E-state index in [-0.39, 0.29) is 17.3 Å². The first kappa shape index (κ1) is 13.1. The van der Waals surface area contributed by atoms with Gasteiger partial charge >= 0.3 is 6.03 Å². The number of nitrogens with two attached hydrogens (primary N) is 1. The molecule has 1 aliphatic carbocycles. The molecule has 6 nitrogen and oxygen atoms in total. The van der Waals surface area contributed by atoms with Gasteiger partial charge in [0.25, 0.3) is 0 Å². The number of benzene rings is 1. The number of carbonyl (C=O) groups is 1. The molecule has 0 heterocycles. The largest absolute Gasteiger partial charge is 0.409 e. The zero-order valence-electron chi connectivity index (χ0n) is 10.2. The highest BCUT2D eigenvalue weighted by Gasteiger charge is 2.20. The first-order chi connectivity index (χ1) is 9.11. The van der Waals surface area contributed by atoms with Crippen molar-refractivity contribution in [2.45, 2.75) is 25.3 Å². The number of amidine groups is 1. The standard InChI is InChI=1S/C12H15FN4O2/c13-8-5-2-6-9(10(8)11(14)17-19)16-12(18)15-7-3-1-4-7/h2,5-7,19H,1,3-4H2,(H2,14,17)(H2,15,16,18). The van der Waals surface area contributed by atoms with Crippen molar-refractivity contribution in [3.8, 4) is 0 Å². The molecule has 1 aliphatic rings. The van der Waals surface area contributed by atoms with E-state index in [2.05, 4.69) is 15.8 Å². The van der Waals surface area contributed by atoms with Crippen molar-refractivity contribution in [2.24, 2.45) is 10.9 Å². The third-order valence-electron chi connectivity index (χ3n) is 3.07. The second-order valence-corrected chi connectivity index (χ2v) is 4.37. The van der Waals surface area contributed by atoms with Crippen LogP contribution in [0, 0.1) is 5.82 Å². The topological polar surface area (TPSA) is 99.7 Å². The fraction of sp³-hybridized carbons (Fsp3) is 0.333. The van der Waals surface area contributed by atoms with Crippen molar-refractivity contribution >= 4 is 17.6 Å². The van der Waals surface area contributed by atoms with E-state index in [1.807, 2.05) is 0 Å². The SMILES string of the molecule is N/C(=N/O)c1c(F)cccc1NC(=O)NC1CCC1. The van der Waals surface area contributed by atoms with E-state index in [0.717, 1.165) is 19.3 Å². The van der Waals surface area contributed by atoms with Gasteiger partial charge in [0.15, 0.2) is 5.84 Å². The van der Waals surface area contributed by atoms with Gasteiger partial charge in [-0.3, -0.25) is 0 Å². The molecular formula is C12H15FN4O2. The van der Waals surface area contributed by atoms with Gasteiger partial charge in [-0.2, -0.15) is 0 Å². The van der Waals surface area contributed by atoms with Crippen LogP contribution in [0.4, 0.5) is 14.9 Å². The van der Waals surface area contributed by atoms with Crippen LogP contribution in [0.15, 0.2) is 23.4 Å². The Balaban J connectivity index is 2.14. The Morgan fingerprint density at radius 1 is 1.47 bits per heavy atom. The highest BCUT2D eigenvalue weighted by molar-refractivity contribution is 6.05. The fourth-order valence-corrected chi connectivity index (χ4v) is 1.84. The summed E-state index contributed by atoms with van der Waals surface area (Å²) in [5, 5.41) is 16.6. The number of hydrogen-bond acceptors (Lipinski definition) is 3. The van der Waals surface area contributed by atoms with Gasteiger partial charge in [-0.05, 0) is 31.4 Å². The van der Waals surface area contributed by atoms with E-state index in [1.54, 1.807) is 0 Å². The Kier molecular flexibility index (Phi) is 3.84. The van der Waals surface area contributed by atoms with Crippen LogP contribution in [-0.4, -0.2) is 23.1 Å². The van der Waals surface area contributed by atoms with Crippen LogP contribution in [-0.2, 0) is 0 Å². The predicted octanol–water partition coefficient (Wildman–Crippen LogP) is 1.59. The quantitative estimate of drug-likeness (QED) is 0.289. The van der Waals surface area contributed by atoms with E-state index in [0.29, 0.717) is 0 Å². The summed E-state index contributed by atoms with van der Waals surface area (Å²) in [7, 11) is 0. The van der Waals surface area contributed by atoms with Gasteiger partial charge in [-0.25, -0.2) is 9.18 Å². The molecule has 2 rings (SSSR count). The monoisotopic (exact) mass is 266 g/mol. The minimum atomic E-state index is -0.670. The van der Waals surface area contributed by atoms with Gasteiger partial charge in [-0.15, -0.1) is 0 Å². The van der Waals surface area contributed by atoms with Crippen LogP contribution in [0.5, 0.6) is 0 Å². The maximum absolute atomic E-state index is 13.6. The second kappa shape index (κ2) is 5.55. The van der Waals surface area contributed by atoms with Gasteiger partial charge < -0.3 is 21.6 Å². The molecule has 7 heteroatoms. The van der Waals surface area contributed by atoms with Crippen LogP contribution < -0.4 is 16.4 Å². The molecule has 0 atom stereocenters. The van der Waals surface area contributed by atoms with E-state index < -0.39 is 17.7 Å². The molecule has 102 valence electrons. The third kappa shape index (κ3) is 2.93. The lowest BCUT2D eigenvalue weighted by atomic mass is 9.93. The first-order valence-corrected chi connectivity index (χ1v) is 5.95. The second-order valence-electron chi connectivity index (χ2n) is 4.37. The molecule has 0 saturated heterocycles. The number of nitrogens with zero attached hydrogens (tertiary/aromatic N) is 1. The third-order valence-corrected chi connectivity index (χ3v) is 3.07. The van der Waals surface area contributed by atoms with Gasteiger partial charge in [-0.1, -0.05) is 11.2 Å². The Labute approximate surface area is 109 Å². The Morgan fingerprint density at radius 2 is 2.21 bits per heavy atom. The first-order valence-electron chi connectivity index (χ1n) is 5.95. The molecule has 1 saturated carbocycles. The number of urea groups is 1. The summed E-state index contributed by atoms with van der Waals surface area (Å²) in [6, 6.07) is 3.82. The van der Waals surface area contributed by atoms with Crippen molar-refractivity contribution in [1.82, 2.24) is 5.32 Å². The van der Waals surface area contributed by atoms with E-state index in [4.69, 9.17) is 10.9 Å². The fourth-order valence-electron chi connectivity index (χ4n) is 1.84. The zero-order chi connectivity index (χ0) is 13.8. The smallest absolute Gasteiger partial charge is 0.319 e. The van der Waals surface area contributed by atoms with Gasteiger partial charge in [0.1, 0.15) is 5.82 Å². The summed E-state index contributed by atoms with van der Waals surface area (Å²) in [5.74, 6) is -1.06. The normalized spacial score (nSPS) is 15.7. The number of oxime groups is 1. The number of amides is 2. The number of hydrogen-bond donors (Lipinski definition) is 4. The van der Waals surface area contributed by atoms with Crippen molar-refractivity contribution < 1.29 is 14.4 Å². The minimum Gasteiger partial charge on any atom is -0.409 e. The summed E-state index contributed by atoms with van der Waals surface area (Å²) < 4.78 is 13.6. The van der Waals surface area contributed by atoms with Gasteiger partial charge in [0.05, 0.1) is 11.3 Å². The molecule has 0 spiro atoms. The molecule has 2 amide bonds. The lowest BCUT2D eigenvalue weighted by molar-refractivity contribution is 0.240. The number of carbonyl (C=O) groups excluding carboxylic acids is 1. The van der Waals surface area contributed by atoms with Crippen molar-refractivity contribution in [3.05, 3.63) is 29.6 Å². The Morgan fingerprint density at radius 3 is 2.79 bits per heavy atom. The molecular weight excluding hydrogens is 251 g/mol. The Bertz CT molecular complexity index is 514. The van der Waals surface area contributed by atoms with Crippen LogP contribution in [0.1, 0.15) is 24.8 Å². The maximum atomic E-state index is 13.6. The van der Waals surface area contributed by atoms with Crippen LogP contribution >= 0.6 is 0 Å². The summed E-state index contributed by atoms with van der Waals surface area (Å²) in [5.41, 5.74) is 5.43. The highest BCUT2D eigenvalue weighted by atomic mass is 19.1. The average molecular weight is 266 g/mol. The number of anilines is 1. The van der Waals surface area contributed by atoms with E-state index >= 15 is 0 Å². The van der Waals surface area contributed by atoms with E-state index in [9.17, 15) is 9.18 Å². The molecule has 1 fully saturated rings. The zero-order valence-corrected chi connectivity index (χ0v) is 10.2. The highest BCUT2D eigenvalue weighted by Crippen LogP contribution is 2.20. The Hall–Kier alpha value is -2.31. The maximum Gasteiger partial charge on any atom is 0.319 e. The molecule has 5 N–H and O–H groups in total. The summed E-state index contributed by atoms with van der Waals surface area (Å²) in [4.78, 5) is 11.7. The van der Waals surface area contributed by atoms with Crippen molar-refractivity contribution in [3.63, 3.8) is 0 Å². The molecule has 0 unspecified atom stereocenters. The summed E-state index contributed by atoms with van der Waals surface area (Å²) in [6.45, 7) is 0. The summed E-state index contributed by atoms with van der Waals surface area (Å²) in [6.07, 6.45) is 2.99. The molecule has 19 heavy (non-hydrogen) atoms. The van der Waals surface area contributed by atoms with Gasteiger partial charge in [0.2, 0.25) is 0 Å². The van der Waals surface area contributed by atoms with Crippen molar-refractivity contribution in [1.29, 1.82) is 0 Å². The lowest BCUT2D eigenvalue weighted by Gasteiger charge is -2.26. The molecule has 0 aromatic heterocycles. The lowest BCUT2D eigenvalue weighted by Crippen LogP contribution is -2.42. The minimum absolute atomic E-state index is 0.131. The number of nitrogens with one attached hydrogen (secondary N) is 2. The van der Waals surface area contributed by atoms with Gasteiger partial charge in [0, 0.05) is 6.04 Å². The van der Waals surface area contributed by atoms with E-state index in [1.165, 1.54) is 18.2 Å². The molecule has 1 aromatic carbocycles. The molecule has 1 aromatic rings. The number of halogens is 1. The van der Waals surface area contributed by atoms with Crippen LogP contribution in [0.2, 0.25) is 0 Å². The van der Waals surface area contributed by atoms with Crippen LogP contribution in [0.25, 0.3) is 0 Å².